The Morgan fingerprint density at radius 3 is 2.59 bits per heavy atom. The third kappa shape index (κ3) is 2.23. The zero-order valence-electron chi connectivity index (χ0n) is 12.6. The summed E-state index contributed by atoms with van der Waals surface area (Å²) >= 11 is 1.73. The number of nitrogens with one attached hydrogen (secondary N) is 2. The van der Waals surface area contributed by atoms with Gasteiger partial charge in [0.2, 0.25) is 0 Å². The van der Waals surface area contributed by atoms with Gasteiger partial charge >= 0.3 is 0 Å². The van der Waals surface area contributed by atoms with Crippen molar-refractivity contribution < 1.29 is 0 Å². The van der Waals surface area contributed by atoms with Gasteiger partial charge in [-0.25, -0.2) is 15.4 Å². The van der Waals surface area contributed by atoms with Crippen LogP contribution in [0.15, 0.2) is 54.6 Å². The molecule has 2 unspecified atom stereocenters. The quantitative estimate of drug-likeness (QED) is 0.762. The number of hydrogen-bond donors (Lipinski definition) is 2. The molecule has 1 saturated heterocycles. The first-order valence-electron chi connectivity index (χ1n) is 7.35. The summed E-state index contributed by atoms with van der Waals surface area (Å²) in [4.78, 5) is 4.80. The predicted molar refractivity (Wildman–Crippen MR) is 90.2 cm³/mol. The third-order valence-corrected chi connectivity index (χ3v) is 5.31. The minimum atomic E-state index is -0.362. The Morgan fingerprint density at radius 1 is 1.09 bits per heavy atom. The van der Waals surface area contributed by atoms with Crippen LogP contribution in [0.5, 0.6) is 0 Å². The van der Waals surface area contributed by atoms with E-state index in [4.69, 9.17) is 4.98 Å². The molecule has 2 aromatic carbocycles. The first kappa shape index (κ1) is 13.8. The maximum Gasteiger partial charge on any atom is 0.133 e. The molecule has 22 heavy (non-hydrogen) atoms. The number of hydrazine groups is 1. The van der Waals surface area contributed by atoms with Crippen LogP contribution >= 0.6 is 11.3 Å². The average molecular weight is 310 g/mol. The maximum absolute atomic E-state index is 4.80. The second-order valence-corrected chi connectivity index (χ2v) is 6.82. The molecule has 0 bridgehead atoms. The van der Waals surface area contributed by atoms with Crippen LogP contribution in [0.4, 0.5) is 0 Å². The molecule has 2 heterocycles. The summed E-state index contributed by atoms with van der Waals surface area (Å²) in [7, 11) is 2.06. The van der Waals surface area contributed by atoms with Gasteiger partial charge in [0.25, 0.3) is 0 Å². The number of benzene rings is 2. The van der Waals surface area contributed by atoms with Gasteiger partial charge in [0.05, 0.1) is 10.2 Å². The van der Waals surface area contributed by atoms with Crippen LogP contribution in [0.3, 0.4) is 0 Å². The molecule has 1 aromatic heterocycles. The first-order valence-corrected chi connectivity index (χ1v) is 8.17. The molecule has 0 aliphatic carbocycles. The molecule has 0 spiro atoms. The van der Waals surface area contributed by atoms with Gasteiger partial charge in [-0.05, 0) is 24.6 Å². The van der Waals surface area contributed by atoms with E-state index in [9.17, 15) is 0 Å². The summed E-state index contributed by atoms with van der Waals surface area (Å²) in [5, 5.41) is 6.84. The molecule has 0 radical (unpaired) electrons. The number of rotatable bonds is 2. The summed E-state index contributed by atoms with van der Waals surface area (Å²) in [6, 6.07) is 18.7. The number of hydrogen-bond acceptors (Lipinski definition) is 5. The first-order chi connectivity index (χ1) is 10.7. The van der Waals surface area contributed by atoms with Crippen LogP contribution in [0.25, 0.3) is 10.2 Å². The fraction of sp³-hybridized carbons (Fsp3) is 0.235. The summed E-state index contributed by atoms with van der Waals surface area (Å²) < 4.78 is 1.22. The van der Waals surface area contributed by atoms with Gasteiger partial charge in [0.1, 0.15) is 16.8 Å². The number of nitrogens with zero attached hydrogens (tertiary/aromatic N) is 2. The Labute approximate surface area is 133 Å². The van der Waals surface area contributed by atoms with Crippen molar-refractivity contribution in [2.75, 3.05) is 7.05 Å². The van der Waals surface area contributed by atoms with Crippen LogP contribution < -0.4 is 10.7 Å². The van der Waals surface area contributed by atoms with Gasteiger partial charge in [-0.1, -0.05) is 42.5 Å². The van der Waals surface area contributed by atoms with Crippen LogP contribution in [0.1, 0.15) is 23.7 Å². The number of aromatic nitrogens is 1. The fourth-order valence-electron chi connectivity index (χ4n) is 2.96. The van der Waals surface area contributed by atoms with Crippen LogP contribution in [-0.2, 0) is 5.66 Å². The van der Waals surface area contributed by atoms with E-state index in [1.165, 1.54) is 10.3 Å². The molecular formula is C17H18N4S. The zero-order valence-corrected chi connectivity index (χ0v) is 13.4. The zero-order chi connectivity index (χ0) is 15.2. The van der Waals surface area contributed by atoms with Crippen molar-refractivity contribution >= 4 is 21.6 Å². The van der Waals surface area contributed by atoms with Gasteiger partial charge in [0.15, 0.2) is 0 Å². The molecule has 112 valence electrons. The highest BCUT2D eigenvalue weighted by molar-refractivity contribution is 7.18. The topological polar surface area (TPSA) is 40.2 Å². The molecule has 1 aliphatic rings. The van der Waals surface area contributed by atoms with Crippen LogP contribution in [-0.4, -0.2) is 17.0 Å². The lowest BCUT2D eigenvalue weighted by molar-refractivity contribution is 0.205. The molecule has 4 rings (SSSR count). The van der Waals surface area contributed by atoms with Gasteiger partial charge in [-0.15, -0.1) is 11.3 Å². The summed E-state index contributed by atoms with van der Waals surface area (Å²) in [6.45, 7) is 2.14. The molecule has 1 aliphatic heterocycles. The molecule has 3 aromatic rings. The van der Waals surface area contributed by atoms with Crippen LogP contribution in [0, 0.1) is 0 Å². The van der Waals surface area contributed by atoms with Crippen molar-refractivity contribution in [2.24, 2.45) is 0 Å². The standard InChI is InChI=1S/C17H18N4S/c1-17(16-18-13-10-6-7-11-14(13)22-16)19-15(21(2)20-17)12-8-4-3-5-9-12/h3-11,15,19-20H,1-2H3. The van der Waals surface area contributed by atoms with Gasteiger partial charge in [-0.2, -0.15) is 0 Å². The normalized spacial score (nSPS) is 25.8. The van der Waals surface area contributed by atoms with Crippen molar-refractivity contribution in [1.82, 2.24) is 20.7 Å². The van der Waals surface area contributed by atoms with E-state index >= 15 is 0 Å². The number of para-hydroxylation sites is 1. The highest BCUT2D eigenvalue weighted by Crippen LogP contribution is 2.34. The highest BCUT2D eigenvalue weighted by Gasteiger charge is 2.41. The third-order valence-electron chi connectivity index (χ3n) is 4.05. The van der Waals surface area contributed by atoms with E-state index in [1.54, 1.807) is 11.3 Å². The molecule has 2 N–H and O–H groups in total. The molecule has 4 nitrogen and oxygen atoms in total. The monoisotopic (exact) mass is 310 g/mol. The molecule has 5 heteroatoms. The number of fused-ring (bicyclic) bond motifs is 1. The Bertz CT molecular complexity index is 768. The summed E-state index contributed by atoms with van der Waals surface area (Å²) in [5.41, 5.74) is 5.46. The lowest BCUT2D eigenvalue weighted by Gasteiger charge is -2.21. The average Bonchev–Trinajstić information content (AvgIpc) is 3.10. The van der Waals surface area contributed by atoms with Gasteiger partial charge in [0, 0.05) is 7.05 Å². The number of thiazole rings is 1. The van der Waals surface area contributed by atoms with Gasteiger partial charge < -0.3 is 0 Å². The summed E-state index contributed by atoms with van der Waals surface area (Å²) in [5.74, 6) is 0. The van der Waals surface area contributed by atoms with E-state index in [-0.39, 0.29) is 11.8 Å². The SMILES string of the molecule is CN1NC(C)(c2nc3ccccc3s2)NC1c1ccccc1. The Kier molecular flexibility index (Phi) is 3.23. The molecule has 2 atom stereocenters. The van der Waals surface area contributed by atoms with E-state index in [2.05, 4.69) is 72.2 Å². The van der Waals surface area contributed by atoms with Gasteiger partial charge in [-0.3, -0.25) is 5.32 Å². The lowest BCUT2D eigenvalue weighted by Crippen LogP contribution is -2.44. The minimum Gasteiger partial charge on any atom is -0.272 e. The van der Waals surface area contributed by atoms with Crippen LogP contribution in [0.2, 0.25) is 0 Å². The second kappa shape index (κ2) is 5.14. The minimum absolute atomic E-state index is 0.123. The maximum atomic E-state index is 4.80. The molecular weight excluding hydrogens is 292 g/mol. The summed E-state index contributed by atoms with van der Waals surface area (Å²) in [6.07, 6.45) is 0.123. The molecule has 0 amide bonds. The van der Waals surface area contributed by atoms with E-state index in [1.807, 2.05) is 12.1 Å². The highest BCUT2D eigenvalue weighted by atomic mass is 32.1. The Morgan fingerprint density at radius 2 is 1.82 bits per heavy atom. The lowest BCUT2D eigenvalue weighted by atomic mass is 10.1. The smallest absolute Gasteiger partial charge is 0.133 e. The fourth-order valence-corrected chi connectivity index (χ4v) is 3.98. The van der Waals surface area contributed by atoms with E-state index < -0.39 is 0 Å². The molecule has 1 fully saturated rings. The van der Waals surface area contributed by atoms with E-state index in [0.717, 1.165) is 10.5 Å². The van der Waals surface area contributed by atoms with Crippen molar-refractivity contribution in [3.8, 4) is 0 Å². The second-order valence-electron chi connectivity index (χ2n) is 5.79. The van der Waals surface area contributed by atoms with Crippen molar-refractivity contribution in [3.63, 3.8) is 0 Å². The largest absolute Gasteiger partial charge is 0.272 e. The van der Waals surface area contributed by atoms with E-state index in [0.29, 0.717) is 0 Å². The Balaban J connectivity index is 1.70. The molecule has 0 saturated carbocycles. The van der Waals surface area contributed by atoms with Crippen molar-refractivity contribution in [1.29, 1.82) is 0 Å². The van der Waals surface area contributed by atoms with Crippen molar-refractivity contribution in [2.45, 2.75) is 18.8 Å². The Hall–Kier alpha value is -1.79. The predicted octanol–water partition coefficient (Wildman–Crippen LogP) is 3.21. The van der Waals surface area contributed by atoms with Crippen molar-refractivity contribution in [3.05, 3.63) is 65.2 Å².